The molecule has 0 radical (unpaired) electrons. The van der Waals surface area contributed by atoms with E-state index in [4.69, 9.17) is 40.2 Å². The lowest BCUT2D eigenvalue weighted by molar-refractivity contribution is -0.121. The van der Waals surface area contributed by atoms with Gasteiger partial charge >= 0.3 is 0 Å². The maximum atomic E-state index is 12.0. The van der Waals surface area contributed by atoms with Crippen molar-refractivity contribution in [2.45, 2.75) is 6.61 Å². The van der Waals surface area contributed by atoms with Crippen LogP contribution in [0.5, 0.6) is 5.75 Å². The van der Waals surface area contributed by atoms with Crippen molar-refractivity contribution in [1.29, 1.82) is 0 Å². The Kier molecular flexibility index (Phi) is 5.27. The van der Waals surface area contributed by atoms with Gasteiger partial charge in [0.15, 0.2) is 5.11 Å². The zero-order chi connectivity index (χ0) is 18.0. The maximum Gasteiger partial charge on any atom is 0.276 e. The van der Waals surface area contributed by atoms with Crippen LogP contribution in [0.4, 0.5) is 0 Å². The Labute approximate surface area is 161 Å². The molecule has 1 aliphatic rings. The molecule has 0 aromatic heterocycles. The molecule has 2 aromatic rings. The minimum atomic E-state index is -0.150. The van der Waals surface area contributed by atoms with Crippen molar-refractivity contribution < 1.29 is 9.53 Å². The Morgan fingerprint density at radius 3 is 2.52 bits per heavy atom. The van der Waals surface area contributed by atoms with Crippen LogP contribution >= 0.6 is 35.4 Å². The number of rotatable bonds is 4. The first-order valence-corrected chi connectivity index (χ1v) is 8.58. The maximum absolute atomic E-state index is 12.0. The number of thiocarbonyl (C=S) groups is 1. The van der Waals surface area contributed by atoms with Crippen LogP contribution in [0.3, 0.4) is 0 Å². The number of hydrogen-bond acceptors (Lipinski definition) is 3. The van der Waals surface area contributed by atoms with Crippen LogP contribution < -0.4 is 10.1 Å². The van der Waals surface area contributed by atoms with Crippen molar-refractivity contribution in [3.63, 3.8) is 0 Å². The average molecular weight is 393 g/mol. The summed E-state index contributed by atoms with van der Waals surface area (Å²) in [6, 6.07) is 12.7. The number of nitrogens with one attached hydrogen (secondary N) is 1. The minimum Gasteiger partial charge on any atom is -0.489 e. The van der Waals surface area contributed by atoms with E-state index in [9.17, 15) is 4.79 Å². The van der Waals surface area contributed by atoms with Gasteiger partial charge in [0, 0.05) is 22.7 Å². The van der Waals surface area contributed by atoms with Gasteiger partial charge in [0.1, 0.15) is 18.1 Å². The number of hydrogen-bond donors (Lipinski definition) is 1. The van der Waals surface area contributed by atoms with E-state index in [1.165, 1.54) is 4.90 Å². The first-order chi connectivity index (χ1) is 11.9. The second-order valence-corrected chi connectivity index (χ2v) is 6.68. The van der Waals surface area contributed by atoms with Gasteiger partial charge in [-0.1, -0.05) is 41.4 Å². The van der Waals surface area contributed by atoms with E-state index in [1.54, 1.807) is 25.3 Å². The Morgan fingerprint density at radius 1 is 1.20 bits per heavy atom. The highest BCUT2D eigenvalue weighted by molar-refractivity contribution is 7.80. The predicted octanol–water partition coefficient (Wildman–Crippen LogP) is 4.26. The van der Waals surface area contributed by atoms with Gasteiger partial charge in [-0.25, -0.2) is 0 Å². The van der Waals surface area contributed by atoms with Crippen molar-refractivity contribution in [3.05, 3.63) is 69.3 Å². The quantitative estimate of drug-likeness (QED) is 0.623. The van der Waals surface area contributed by atoms with Crippen molar-refractivity contribution in [2.75, 3.05) is 7.05 Å². The highest BCUT2D eigenvalue weighted by Crippen LogP contribution is 2.23. The molecule has 1 saturated heterocycles. The van der Waals surface area contributed by atoms with Crippen LogP contribution in [0.1, 0.15) is 11.1 Å². The van der Waals surface area contributed by atoms with E-state index in [1.807, 2.05) is 30.3 Å². The summed E-state index contributed by atoms with van der Waals surface area (Å²) in [5.74, 6) is 0.550. The first-order valence-electron chi connectivity index (χ1n) is 7.41. The topological polar surface area (TPSA) is 41.6 Å². The monoisotopic (exact) mass is 392 g/mol. The highest BCUT2D eigenvalue weighted by atomic mass is 35.5. The number of carbonyl (C=O) groups is 1. The lowest BCUT2D eigenvalue weighted by atomic mass is 10.2. The lowest BCUT2D eigenvalue weighted by Gasteiger charge is -2.08. The van der Waals surface area contributed by atoms with Crippen LogP contribution in [0, 0.1) is 0 Å². The summed E-state index contributed by atoms with van der Waals surface area (Å²) in [6.07, 6.45) is 1.75. The number of nitrogens with zero attached hydrogens (tertiary/aromatic N) is 1. The molecule has 1 amide bonds. The number of halogens is 2. The van der Waals surface area contributed by atoms with Crippen LogP contribution in [-0.4, -0.2) is 23.0 Å². The van der Waals surface area contributed by atoms with E-state index in [0.717, 1.165) is 11.1 Å². The van der Waals surface area contributed by atoms with E-state index in [-0.39, 0.29) is 5.91 Å². The summed E-state index contributed by atoms with van der Waals surface area (Å²) in [5, 5.41) is 4.44. The number of benzene rings is 2. The molecule has 0 saturated carbocycles. The fourth-order valence-corrected chi connectivity index (χ4v) is 2.91. The summed E-state index contributed by atoms with van der Waals surface area (Å²) in [6.45, 7) is 0.343. The molecule has 128 valence electrons. The van der Waals surface area contributed by atoms with Gasteiger partial charge in [-0.05, 0) is 48.1 Å². The van der Waals surface area contributed by atoms with E-state index >= 15 is 0 Å². The molecule has 2 aromatic carbocycles. The highest BCUT2D eigenvalue weighted by Gasteiger charge is 2.26. The Bertz CT molecular complexity index is 866. The van der Waals surface area contributed by atoms with Crippen molar-refractivity contribution in [1.82, 2.24) is 10.2 Å². The molecule has 3 rings (SSSR count). The predicted molar refractivity (Wildman–Crippen MR) is 104 cm³/mol. The number of ether oxygens (including phenoxy) is 1. The molecule has 7 heteroatoms. The average Bonchev–Trinajstić information content (AvgIpc) is 2.82. The zero-order valence-corrected chi connectivity index (χ0v) is 15.6. The number of likely N-dealkylation sites (N-methyl/N-ethyl adjacent to an activating group) is 1. The molecule has 0 spiro atoms. The fraction of sp³-hybridized carbons (Fsp3) is 0.111. The van der Waals surface area contributed by atoms with E-state index in [0.29, 0.717) is 33.2 Å². The molecule has 0 atom stereocenters. The molecule has 1 aliphatic heterocycles. The fourth-order valence-electron chi connectivity index (χ4n) is 2.25. The summed E-state index contributed by atoms with van der Waals surface area (Å²) in [7, 11) is 1.64. The van der Waals surface area contributed by atoms with Crippen LogP contribution in [0.15, 0.2) is 48.2 Å². The molecule has 25 heavy (non-hydrogen) atoms. The molecule has 1 fully saturated rings. The third-order valence-corrected chi connectivity index (χ3v) is 4.64. The normalized spacial score (nSPS) is 15.6. The molecule has 0 bridgehead atoms. The summed E-state index contributed by atoms with van der Waals surface area (Å²) in [5.41, 5.74) is 2.18. The molecule has 1 N–H and O–H groups in total. The molecule has 1 heterocycles. The second kappa shape index (κ2) is 7.44. The van der Waals surface area contributed by atoms with Crippen LogP contribution in [0.25, 0.3) is 6.08 Å². The van der Waals surface area contributed by atoms with Gasteiger partial charge in [0.05, 0.1) is 0 Å². The summed E-state index contributed by atoms with van der Waals surface area (Å²) >= 11 is 17.1. The lowest BCUT2D eigenvalue weighted by Crippen LogP contribution is -2.25. The Morgan fingerprint density at radius 2 is 1.92 bits per heavy atom. The minimum absolute atomic E-state index is 0.150. The molecule has 0 aliphatic carbocycles. The SMILES string of the molecule is CN1C(=O)/C(=C/c2ccc(OCc3ccc(Cl)cc3Cl)cc2)NC1=S. The Balaban J connectivity index is 1.66. The standard InChI is InChI=1S/C18H14Cl2N2O2S/c1-22-17(23)16(21-18(22)25)8-11-2-6-14(7-3-11)24-10-12-4-5-13(19)9-15(12)20/h2-9H,10H2,1H3,(H,21,25)/b16-8-. The third kappa shape index (κ3) is 4.12. The molecular weight excluding hydrogens is 379 g/mol. The number of amides is 1. The molecular formula is C18H14Cl2N2O2S. The van der Waals surface area contributed by atoms with Crippen LogP contribution in [-0.2, 0) is 11.4 Å². The van der Waals surface area contributed by atoms with Gasteiger partial charge in [0.2, 0.25) is 0 Å². The Hall–Kier alpha value is -2.08. The van der Waals surface area contributed by atoms with Crippen molar-refractivity contribution in [3.8, 4) is 5.75 Å². The summed E-state index contributed by atoms with van der Waals surface area (Å²) in [4.78, 5) is 13.4. The van der Waals surface area contributed by atoms with Gasteiger partial charge < -0.3 is 10.1 Å². The molecule has 0 unspecified atom stereocenters. The van der Waals surface area contributed by atoms with Gasteiger partial charge in [-0.2, -0.15) is 0 Å². The van der Waals surface area contributed by atoms with Crippen molar-refractivity contribution in [2.24, 2.45) is 0 Å². The summed E-state index contributed by atoms with van der Waals surface area (Å²) < 4.78 is 5.73. The second-order valence-electron chi connectivity index (χ2n) is 5.45. The molecule has 4 nitrogen and oxygen atoms in total. The van der Waals surface area contributed by atoms with Gasteiger partial charge in [-0.15, -0.1) is 0 Å². The van der Waals surface area contributed by atoms with Gasteiger partial charge in [-0.3, -0.25) is 9.69 Å². The van der Waals surface area contributed by atoms with Crippen LogP contribution in [0.2, 0.25) is 10.0 Å². The van der Waals surface area contributed by atoms with E-state index < -0.39 is 0 Å². The van der Waals surface area contributed by atoms with Gasteiger partial charge in [0.25, 0.3) is 5.91 Å². The van der Waals surface area contributed by atoms with E-state index in [2.05, 4.69) is 5.32 Å². The largest absolute Gasteiger partial charge is 0.489 e. The third-order valence-electron chi connectivity index (χ3n) is 3.68. The number of carbonyl (C=O) groups excluding carboxylic acids is 1. The first kappa shape index (κ1) is 17.7. The zero-order valence-electron chi connectivity index (χ0n) is 13.3. The van der Waals surface area contributed by atoms with Crippen molar-refractivity contribution >= 4 is 52.5 Å². The smallest absolute Gasteiger partial charge is 0.276 e.